The summed E-state index contributed by atoms with van der Waals surface area (Å²) in [6.07, 6.45) is 4.24. The second kappa shape index (κ2) is 9.34. The van der Waals surface area contributed by atoms with Gasteiger partial charge < -0.3 is 9.30 Å². The van der Waals surface area contributed by atoms with Crippen LogP contribution in [0.5, 0.6) is 0 Å². The first kappa shape index (κ1) is 24.5. The van der Waals surface area contributed by atoms with Crippen LogP contribution in [0, 0.1) is 0 Å². The minimum absolute atomic E-state index is 0.0948. The number of carbonyl (C=O) groups is 1. The van der Waals surface area contributed by atoms with Crippen molar-refractivity contribution in [2.45, 2.75) is 45.8 Å². The highest BCUT2D eigenvalue weighted by Gasteiger charge is 2.30. The van der Waals surface area contributed by atoms with Crippen molar-refractivity contribution in [3.63, 3.8) is 0 Å². The van der Waals surface area contributed by atoms with E-state index in [0.29, 0.717) is 28.6 Å². The molecule has 1 aliphatic rings. The van der Waals surface area contributed by atoms with Crippen molar-refractivity contribution in [1.82, 2.24) is 24.5 Å². The number of carbonyl (C=O) groups excluding carboxylic acids is 1. The quantitative estimate of drug-likeness (QED) is 0.328. The zero-order valence-electron chi connectivity index (χ0n) is 20.9. The Morgan fingerprint density at radius 1 is 1.11 bits per heavy atom. The highest BCUT2D eigenvalue weighted by atomic mass is 19.3. The summed E-state index contributed by atoms with van der Waals surface area (Å²) in [5.41, 5.74) is 3.61. The van der Waals surface area contributed by atoms with E-state index in [1.54, 1.807) is 36.1 Å². The summed E-state index contributed by atoms with van der Waals surface area (Å²) in [5, 5.41) is 0. The maximum Gasteiger partial charge on any atom is 0.416 e. The van der Waals surface area contributed by atoms with E-state index < -0.39 is 12.0 Å². The van der Waals surface area contributed by atoms with Gasteiger partial charge in [0.2, 0.25) is 0 Å². The fraction of sp³-hybridized carbons (Fsp3) is 0.296. The SMILES string of the molecule is CC(C)c1ncccc1-c1ncc2c(n1)N(Cc1ccc(-c3nc(C(C)(F)F)cn3C)cc1)C(=O)OC2. The lowest BCUT2D eigenvalue weighted by atomic mass is 10.0. The third kappa shape index (κ3) is 4.78. The highest BCUT2D eigenvalue weighted by molar-refractivity contribution is 5.89. The number of ether oxygens (including phenoxy) is 1. The molecule has 37 heavy (non-hydrogen) atoms. The molecule has 0 atom stereocenters. The number of rotatable bonds is 6. The van der Waals surface area contributed by atoms with Crippen molar-refractivity contribution in [2.24, 2.45) is 7.05 Å². The second-order valence-corrected chi connectivity index (χ2v) is 9.42. The lowest BCUT2D eigenvalue weighted by molar-refractivity contribution is 0.0131. The molecule has 0 spiro atoms. The normalized spacial score (nSPS) is 13.6. The fourth-order valence-corrected chi connectivity index (χ4v) is 4.26. The molecule has 0 fully saturated rings. The molecule has 4 heterocycles. The minimum atomic E-state index is -3.02. The van der Waals surface area contributed by atoms with Gasteiger partial charge in [-0.1, -0.05) is 38.1 Å². The Balaban J connectivity index is 1.44. The Hall–Kier alpha value is -4.21. The summed E-state index contributed by atoms with van der Waals surface area (Å²) >= 11 is 0. The van der Waals surface area contributed by atoms with E-state index in [0.717, 1.165) is 23.7 Å². The van der Waals surface area contributed by atoms with Crippen LogP contribution in [-0.4, -0.2) is 30.6 Å². The first-order valence-corrected chi connectivity index (χ1v) is 11.9. The van der Waals surface area contributed by atoms with Crippen LogP contribution in [0.2, 0.25) is 0 Å². The fourth-order valence-electron chi connectivity index (χ4n) is 4.26. The first-order chi connectivity index (χ1) is 17.6. The summed E-state index contributed by atoms with van der Waals surface area (Å²) in [6, 6.07) is 11.0. The summed E-state index contributed by atoms with van der Waals surface area (Å²) in [4.78, 5) is 32.1. The van der Waals surface area contributed by atoms with Gasteiger partial charge in [0.25, 0.3) is 5.92 Å². The predicted molar refractivity (Wildman–Crippen MR) is 134 cm³/mol. The number of amides is 1. The largest absolute Gasteiger partial charge is 0.444 e. The third-order valence-electron chi connectivity index (χ3n) is 6.17. The standard InChI is InChI=1S/C27H26F2N6O2/c1-16(2)22-20(6-5-11-30-22)23-31-12-19-15-37-26(36)35(25(19)33-23)13-17-7-9-18(10-8-17)24-32-21(14-34(24)4)27(3,28)29/h5-12,14,16H,13,15H2,1-4H3. The molecule has 0 N–H and O–H groups in total. The lowest BCUT2D eigenvalue weighted by Crippen LogP contribution is -2.36. The van der Waals surface area contributed by atoms with Crippen LogP contribution in [0.1, 0.15) is 49.2 Å². The molecule has 0 aliphatic carbocycles. The zero-order chi connectivity index (χ0) is 26.3. The maximum absolute atomic E-state index is 13.7. The molecular formula is C27H26F2N6O2. The van der Waals surface area contributed by atoms with Crippen molar-refractivity contribution < 1.29 is 18.3 Å². The number of fused-ring (bicyclic) bond motifs is 1. The van der Waals surface area contributed by atoms with Gasteiger partial charge in [-0.2, -0.15) is 8.78 Å². The Morgan fingerprint density at radius 2 is 1.86 bits per heavy atom. The molecule has 0 bridgehead atoms. The van der Waals surface area contributed by atoms with Crippen molar-refractivity contribution >= 4 is 11.9 Å². The number of cyclic esters (lactones) is 1. The van der Waals surface area contributed by atoms with Gasteiger partial charge in [-0.3, -0.25) is 9.88 Å². The summed E-state index contributed by atoms with van der Waals surface area (Å²) in [7, 11) is 1.68. The van der Waals surface area contributed by atoms with Crippen LogP contribution < -0.4 is 4.90 Å². The summed E-state index contributed by atoms with van der Waals surface area (Å²) in [5.74, 6) is -1.44. The van der Waals surface area contributed by atoms with Gasteiger partial charge in [-0.15, -0.1) is 0 Å². The van der Waals surface area contributed by atoms with E-state index in [4.69, 9.17) is 9.72 Å². The number of imidazole rings is 1. The Morgan fingerprint density at radius 3 is 2.54 bits per heavy atom. The van der Waals surface area contributed by atoms with E-state index in [9.17, 15) is 13.6 Å². The topological polar surface area (TPSA) is 86.0 Å². The predicted octanol–water partition coefficient (Wildman–Crippen LogP) is 5.83. The Kier molecular flexibility index (Phi) is 6.18. The summed E-state index contributed by atoms with van der Waals surface area (Å²) in [6.45, 7) is 5.24. The third-order valence-corrected chi connectivity index (χ3v) is 6.17. The zero-order valence-corrected chi connectivity index (χ0v) is 20.9. The molecule has 4 aromatic rings. The average Bonchev–Trinajstić information content (AvgIpc) is 3.28. The van der Waals surface area contributed by atoms with Crippen LogP contribution >= 0.6 is 0 Å². The molecule has 0 radical (unpaired) electrons. The van der Waals surface area contributed by atoms with Crippen molar-refractivity contribution in [1.29, 1.82) is 0 Å². The number of nitrogens with zero attached hydrogens (tertiary/aromatic N) is 6. The molecule has 190 valence electrons. The molecule has 10 heteroatoms. The molecule has 3 aromatic heterocycles. The first-order valence-electron chi connectivity index (χ1n) is 11.9. The van der Waals surface area contributed by atoms with Crippen molar-refractivity contribution in [3.05, 3.63) is 77.5 Å². The number of hydrogen-bond acceptors (Lipinski definition) is 6. The summed E-state index contributed by atoms with van der Waals surface area (Å²) < 4.78 is 34.3. The van der Waals surface area contributed by atoms with Gasteiger partial charge in [0.1, 0.15) is 23.9 Å². The number of hydrogen-bond donors (Lipinski definition) is 0. The highest BCUT2D eigenvalue weighted by Crippen LogP contribution is 2.32. The molecule has 1 amide bonds. The van der Waals surface area contributed by atoms with Crippen LogP contribution in [0.25, 0.3) is 22.8 Å². The number of pyridine rings is 1. The van der Waals surface area contributed by atoms with Crippen LogP contribution in [0.3, 0.4) is 0 Å². The van der Waals surface area contributed by atoms with Gasteiger partial charge in [-0.25, -0.2) is 19.7 Å². The van der Waals surface area contributed by atoms with Crippen molar-refractivity contribution in [3.8, 4) is 22.8 Å². The number of anilines is 1. The van der Waals surface area contributed by atoms with E-state index in [1.807, 2.05) is 24.3 Å². The minimum Gasteiger partial charge on any atom is -0.444 e. The molecule has 0 saturated carbocycles. The lowest BCUT2D eigenvalue weighted by Gasteiger charge is -2.28. The Bertz CT molecular complexity index is 1460. The van der Waals surface area contributed by atoms with Gasteiger partial charge in [0.15, 0.2) is 5.82 Å². The smallest absolute Gasteiger partial charge is 0.416 e. The van der Waals surface area contributed by atoms with E-state index in [1.165, 1.54) is 11.1 Å². The molecule has 1 aliphatic heterocycles. The van der Waals surface area contributed by atoms with Crippen LogP contribution in [0.4, 0.5) is 19.4 Å². The molecular weight excluding hydrogens is 478 g/mol. The second-order valence-electron chi connectivity index (χ2n) is 9.42. The van der Waals surface area contributed by atoms with Gasteiger partial charge in [0.05, 0.1) is 17.8 Å². The van der Waals surface area contributed by atoms with Crippen LogP contribution in [0.15, 0.2) is 55.0 Å². The Labute approximate surface area is 213 Å². The molecule has 8 nitrogen and oxygen atoms in total. The molecule has 0 unspecified atom stereocenters. The van der Waals surface area contributed by atoms with E-state index in [2.05, 4.69) is 28.8 Å². The van der Waals surface area contributed by atoms with Crippen LogP contribution in [-0.2, 0) is 30.9 Å². The van der Waals surface area contributed by atoms with Crippen molar-refractivity contribution in [2.75, 3.05) is 4.90 Å². The molecule has 0 saturated heterocycles. The number of aryl methyl sites for hydroxylation is 1. The number of alkyl halides is 2. The molecule has 1 aromatic carbocycles. The van der Waals surface area contributed by atoms with Gasteiger partial charge in [0, 0.05) is 43.7 Å². The monoisotopic (exact) mass is 504 g/mol. The average molecular weight is 505 g/mol. The number of benzene rings is 1. The van der Waals surface area contributed by atoms with E-state index >= 15 is 0 Å². The van der Waals surface area contributed by atoms with Gasteiger partial charge in [-0.05, 0) is 23.6 Å². The van der Waals surface area contributed by atoms with Gasteiger partial charge >= 0.3 is 6.09 Å². The number of halogens is 2. The number of aromatic nitrogens is 5. The van der Waals surface area contributed by atoms with E-state index in [-0.39, 0.29) is 24.8 Å². The maximum atomic E-state index is 13.7. The molecule has 5 rings (SSSR count).